The van der Waals surface area contributed by atoms with E-state index in [0.717, 1.165) is 17.7 Å². The summed E-state index contributed by atoms with van der Waals surface area (Å²) in [5.41, 5.74) is 1.94. The molecule has 0 spiro atoms. The number of carbonyl (C=O) groups is 2. The number of hydrogen-bond acceptors (Lipinski definition) is 3. The molecule has 25 heavy (non-hydrogen) atoms. The number of amides is 1. The number of benzene rings is 1. The molecule has 1 amide bonds. The van der Waals surface area contributed by atoms with Gasteiger partial charge in [-0.15, -0.1) is 0 Å². The molecule has 1 N–H and O–H groups in total. The maximum Gasteiger partial charge on any atom is 0.326 e. The molecule has 1 aliphatic heterocycles. The molecule has 2 atom stereocenters. The summed E-state index contributed by atoms with van der Waals surface area (Å²) in [6, 6.07) is 9.09. The van der Waals surface area contributed by atoms with Crippen molar-refractivity contribution < 1.29 is 14.7 Å². The third kappa shape index (κ3) is 4.07. The molecule has 2 unspecified atom stereocenters. The highest BCUT2D eigenvalue weighted by Gasteiger charge is 2.34. The number of nitrogens with zero attached hydrogens (tertiary/aromatic N) is 3. The van der Waals surface area contributed by atoms with Crippen molar-refractivity contribution in [3.63, 3.8) is 0 Å². The molecule has 6 nitrogen and oxygen atoms in total. The molecule has 1 aromatic carbocycles. The Kier molecular flexibility index (Phi) is 5.16. The molecule has 1 fully saturated rings. The van der Waals surface area contributed by atoms with Crippen LogP contribution in [0.4, 0.5) is 0 Å². The van der Waals surface area contributed by atoms with E-state index in [-0.39, 0.29) is 5.91 Å². The van der Waals surface area contributed by atoms with Crippen LogP contribution in [0.1, 0.15) is 31.7 Å². The summed E-state index contributed by atoms with van der Waals surface area (Å²) in [4.78, 5) is 25.5. The van der Waals surface area contributed by atoms with E-state index in [9.17, 15) is 14.7 Å². The van der Waals surface area contributed by atoms with Gasteiger partial charge in [0.15, 0.2) is 0 Å². The van der Waals surface area contributed by atoms with Gasteiger partial charge in [-0.2, -0.15) is 5.10 Å². The Morgan fingerprint density at radius 2 is 2.04 bits per heavy atom. The second-order valence-electron chi connectivity index (χ2n) is 6.70. The van der Waals surface area contributed by atoms with E-state index < -0.39 is 12.0 Å². The maximum atomic E-state index is 12.5. The van der Waals surface area contributed by atoms with E-state index in [4.69, 9.17) is 0 Å². The predicted octanol–water partition coefficient (Wildman–Crippen LogP) is 2.52. The maximum absolute atomic E-state index is 12.5. The van der Waals surface area contributed by atoms with E-state index in [1.807, 2.05) is 43.5 Å². The molecule has 1 aromatic heterocycles. The Balaban J connectivity index is 1.60. The van der Waals surface area contributed by atoms with Crippen molar-refractivity contribution in [3.05, 3.63) is 48.3 Å². The Labute approximate surface area is 147 Å². The van der Waals surface area contributed by atoms with Crippen LogP contribution in [-0.2, 0) is 16.0 Å². The van der Waals surface area contributed by atoms with Crippen LogP contribution in [-0.4, -0.2) is 44.3 Å². The highest BCUT2D eigenvalue weighted by Crippen LogP contribution is 2.23. The highest BCUT2D eigenvalue weighted by molar-refractivity contribution is 5.84. The molecular formula is C19H23N3O3. The third-order valence-electron chi connectivity index (χ3n) is 4.75. The van der Waals surface area contributed by atoms with Crippen LogP contribution >= 0.6 is 0 Å². The van der Waals surface area contributed by atoms with Crippen molar-refractivity contribution in [1.29, 1.82) is 0 Å². The first-order chi connectivity index (χ1) is 12.0. The van der Waals surface area contributed by atoms with Gasteiger partial charge in [0.2, 0.25) is 5.91 Å². The number of piperidine rings is 1. The Bertz CT molecular complexity index is 741. The number of para-hydroxylation sites is 1. The van der Waals surface area contributed by atoms with Crippen molar-refractivity contribution in [3.8, 4) is 5.69 Å². The van der Waals surface area contributed by atoms with E-state index in [1.54, 1.807) is 10.9 Å². The third-order valence-corrected chi connectivity index (χ3v) is 4.75. The second kappa shape index (κ2) is 7.51. The van der Waals surface area contributed by atoms with Gasteiger partial charge in [0.1, 0.15) is 6.04 Å². The van der Waals surface area contributed by atoms with Crippen molar-refractivity contribution >= 4 is 11.9 Å². The average molecular weight is 341 g/mol. The lowest BCUT2D eigenvalue weighted by Crippen LogP contribution is -2.49. The standard InChI is InChI=1S/C19H23N3O3/c1-14-9-10-21(17(11-14)19(24)25)18(23)8-7-15-12-20-22(13-15)16-5-3-2-4-6-16/h2-6,12-14,17H,7-11H2,1H3,(H,24,25). The summed E-state index contributed by atoms with van der Waals surface area (Å²) in [7, 11) is 0. The van der Waals surface area contributed by atoms with Crippen LogP contribution in [0, 0.1) is 5.92 Å². The van der Waals surface area contributed by atoms with Gasteiger partial charge in [0.05, 0.1) is 11.9 Å². The number of carboxylic acid groups (broad SMARTS) is 1. The Morgan fingerprint density at radius 1 is 1.28 bits per heavy atom. The van der Waals surface area contributed by atoms with E-state index in [1.165, 1.54) is 4.90 Å². The first-order valence-corrected chi connectivity index (χ1v) is 8.66. The predicted molar refractivity (Wildman–Crippen MR) is 93.4 cm³/mol. The first kappa shape index (κ1) is 17.2. The topological polar surface area (TPSA) is 75.4 Å². The zero-order valence-corrected chi connectivity index (χ0v) is 14.3. The van der Waals surface area contributed by atoms with E-state index >= 15 is 0 Å². The molecular weight excluding hydrogens is 318 g/mol. The van der Waals surface area contributed by atoms with Gasteiger partial charge in [-0.05, 0) is 42.9 Å². The van der Waals surface area contributed by atoms with E-state index in [2.05, 4.69) is 5.10 Å². The molecule has 0 aliphatic carbocycles. The second-order valence-corrected chi connectivity index (χ2v) is 6.70. The number of aliphatic carboxylic acids is 1. The number of carboxylic acids is 1. The van der Waals surface area contributed by atoms with Gasteiger partial charge in [-0.1, -0.05) is 25.1 Å². The first-order valence-electron chi connectivity index (χ1n) is 8.66. The minimum absolute atomic E-state index is 0.0910. The SMILES string of the molecule is CC1CCN(C(=O)CCc2cnn(-c3ccccc3)c2)C(C(=O)O)C1. The summed E-state index contributed by atoms with van der Waals surface area (Å²) in [6.45, 7) is 2.57. The fourth-order valence-electron chi connectivity index (χ4n) is 3.28. The molecule has 3 rings (SSSR count). The van der Waals surface area contributed by atoms with Crippen molar-refractivity contribution in [2.45, 2.75) is 38.6 Å². The van der Waals surface area contributed by atoms with Crippen LogP contribution in [0.25, 0.3) is 5.69 Å². The number of likely N-dealkylation sites (tertiary alicyclic amines) is 1. The van der Waals surface area contributed by atoms with Crippen LogP contribution < -0.4 is 0 Å². The lowest BCUT2D eigenvalue weighted by atomic mass is 9.92. The minimum atomic E-state index is -0.906. The van der Waals surface area contributed by atoms with Crippen LogP contribution in [0.15, 0.2) is 42.7 Å². The summed E-state index contributed by atoms with van der Waals surface area (Å²) in [5.74, 6) is -0.655. The number of aromatic nitrogens is 2. The van der Waals surface area contributed by atoms with Gasteiger partial charge < -0.3 is 10.0 Å². The monoisotopic (exact) mass is 341 g/mol. The van der Waals surface area contributed by atoms with Crippen molar-refractivity contribution in [2.75, 3.05) is 6.54 Å². The van der Waals surface area contributed by atoms with Gasteiger partial charge in [0, 0.05) is 19.2 Å². The molecule has 2 heterocycles. The smallest absolute Gasteiger partial charge is 0.326 e. The fourth-order valence-corrected chi connectivity index (χ4v) is 3.28. The van der Waals surface area contributed by atoms with Crippen LogP contribution in [0.3, 0.4) is 0 Å². The fraction of sp³-hybridized carbons (Fsp3) is 0.421. The van der Waals surface area contributed by atoms with Gasteiger partial charge in [-0.3, -0.25) is 4.79 Å². The molecule has 0 radical (unpaired) electrons. The summed E-state index contributed by atoms with van der Waals surface area (Å²) >= 11 is 0. The van der Waals surface area contributed by atoms with E-state index in [0.29, 0.717) is 31.7 Å². The molecule has 0 saturated carbocycles. The normalized spacial score (nSPS) is 20.4. The average Bonchev–Trinajstić information content (AvgIpc) is 3.09. The van der Waals surface area contributed by atoms with Crippen LogP contribution in [0.5, 0.6) is 0 Å². The lowest BCUT2D eigenvalue weighted by Gasteiger charge is -2.36. The largest absolute Gasteiger partial charge is 0.480 e. The highest BCUT2D eigenvalue weighted by atomic mass is 16.4. The molecule has 0 bridgehead atoms. The van der Waals surface area contributed by atoms with Crippen molar-refractivity contribution in [2.24, 2.45) is 5.92 Å². The Morgan fingerprint density at radius 3 is 2.76 bits per heavy atom. The molecule has 2 aromatic rings. The zero-order valence-electron chi connectivity index (χ0n) is 14.3. The van der Waals surface area contributed by atoms with Gasteiger partial charge in [-0.25, -0.2) is 9.48 Å². The number of carbonyl (C=O) groups excluding carboxylic acids is 1. The van der Waals surface area contributed by atoms with Gasteiger partial charge >= 0.3 is 5.97 Å². The number of hydrogen-bond donors (Lipinski definition) is 1. The summed E-state index contributed by atoms with van der Waals surface area (Å²) in [6.07, 6.45) is 5.93. The summed E-state index contributed by atoms with van der Waals surface area (Å²) in [5, 5.41) is 13.7. The Hall–Kier alpha value is -2.63. The summed E-state index contributed by atoms with van der Waals surface area (Å²) < 4.78 is 1.78. The number of rotatable bonds is 5. The molecule has 1 saturated heterocycles. The zero-order chi connectivity index (χ0) is 17.8. The molecule has 132 valence electrons. The minimum Gasteiger partial charge on any atom is -0.480 e. The number of aryl methyl sites for hydroxylation is 1. The molecule has 1 aliphatic rings. The van der Waals surface area contributed by atoms with Gasteiger partial charge in [0.25, 0.3) is 0 Å². The van der Waals surface area contributed by atoms with Crippen LogP contribution in [0.2, 0.25) is 0 Å². The lowest BCUT2D eigenvalue weighted by molar-refractivity contribution is -0.153. The molecule has 6 heteroatoms. The quantitative estimate of drug-likeness (QED) is 0.907. The van der Waals surface area contributed by atoms with Crippen molar-refractivity contribution in [1.82, 2.24) is 14.7 Å².